The first kappa shape index (κ1) is 20.4. The summed E-state index contributed by atoms with van der Waals surface area (Å²) in [6.45, 7) is 8.17. The molecule has 3 aromatic heterocycles. The van der Waals surface area contributed by atoms with Gasteiger partial charge in [-0.25, -0.2) is 15.0 Å². The summed E-state index contributed by atoms with van der Waals surface area (Å²) >= 11 is 1.42. The van der Waals surface area contributed by atoms with Gasteiger partial charge in [-0.15, -0.1) is 11.3 Å². The van der Waals surface area contributed by atoms with Crippen molar-refractivity contribution in [3.63, 3.8) is 0 Å². The molecule has 1 amide bonds. The van der Waals surface area contributed by atoms with Gasteiger partial charge < -0.3 is 4.90 Å². The molecule has 1 fully saturated rings. The number of carbonyl (C=O) groups is 1. The van der Waals surface area contributed by atoms with Crippen molar-refractivity contribution in [2.75, 3.05) is 23.3 Å². The van der Waals surface area contributed by atoms with Crippen molar-refractivity contribution in [2.24, 2.45) is 0 Å². The molecule has 8 heteroatoms. The third-order valence-electron chi connectivity index (χ3n) is 5.09. The molecule has 0 saturated carbocycles. The summed E-state index contributed by atoms with van der Waals surface area (Å²) in [5, 5.41) is 5.47. The lowest BCUT2D eigenvalue weighted by atomic mass is 9.93. The van der Waals surface area contributed by atoms with Crippen LogP contribution in [-0.4, -0.2) is 38.9 Å². The molecule has 0 spiro atoms. The summed E-state index contributed by atoms with van der Waals surface area (Å²) in [5.74, 6) is 0.392. The van der Waals surface area contributed by atoms with Gasteiger partial charge in [0.1, 0.15) is 0 Å². The molecule has 156 valence electrons. The number of pyridine rings is 1. The SMILES string of the molecule is CC(C)(C)c1csc(NC(=O)c2cnc(N3CCCCC3)nc2-c2cccnc2)n1. The van der Waals surface area contributed by atoms with Crippen LogP contribution in [-0.2, 0) is 5.41 Å². The maximum Gasteiger partial charge on any atom is 0.261 e. The van der Waals surface area contributed by atoms with Crippen LogP contribution in [0.2, 0.25) is 0 Å². The fourth-order valence-electron chi connectivity index (χ4n) is 3.35. The van der Waals surface area contributed by atoms with Gasteiger partial charge in [0, 0.05) is 48.0 Å². The first-order valence-corrected chi connectivity index (χ1v) is 11.1. The molecular formula is C22H26N6OS. The molecule has 3 aromatic rings. The van der Waals surface area contributed by atoms with E-state index < -0.39 is 0 Å². The summed E-state index contributed by atoms with van der Waals surface area (Å²) in [6, 6.07) is 3.75. The van der Waals surface area contributed by atoms with E-state index in [1.165, 1.54) is 17.8 Å². The molecule has 1 N–H and O–H groups in total. The highest BCUT2D eigenvalue weighted by Crippen LogP contribution is 2.28. The molecule has 0 aromatic carbocycles. The number of nitrogens with one attached hydrogen (secondary N) is 1. The van der Waals surface area contributed by atoms with E-state index in [9.17, 15) is 4.79 Å². The predicted octanol–water partition coefficient (Wildman–Crippen LogP) is 4.54. The topological polar surface area (TPSA) is 83.9 Å². The van der Waals surface area contributed by atoms with E-state index in [-0.39, 0.29) is 11.3 Å². The molecule has 1 aliphatic rings. The average molecular weight is 423 g/mol. The van der Waals surface area contributed by atoms with E-state index in [0.29, 0.717) is 22.3 Å². The third-order valence-corrected chi connectivity index (χ3v) is 5.85. The predicted molar refractivity (Wildman–Crippen MR) is 120 cm³/mol. The average Bonchev–Trinajstić information content (AvgIpc) is 3.24. The first-order valence-electron chi connectivity index (χ1n) is 10.2. The normalized spacial score (nSPS) is 14.6. The van der Waals surface area contributed by atoms with E-state index in [2.05, 4.69) is 45.9 Å². The van der Waals surface area contributed by atoms with Gasteiger partial charge in [-0.1, -0.05) is 20.8 Å². The van der Waals surface area contributed by atoms with Gasteiger partial charge in [-0.2, -0.15) is 0 Å². The second kappa shape index (κ2) is 8.47. The Morgan fingerprint density at radius 1 is 1.13 bits per heavy atom. The van der Waals surface area contributed by atoms with Crippen molar-refractivity contribution in [3.8, 4) is 11.3 Å². The second-order valence-electron chi connectivity index (χ2n) is 8.46. The van der Waals surface area contributed by atoms with Gasteiger partial charge in [0.2, 0.25) is 5.95 Å². The zero-order valence-electron chi connectivity index (χ0n) is 17.6. The third kappa shape index (κ3) is 4.48. The Hall–Kier alpha value is -2.87. The Bertz CT molecular complexity index is 1020. The minimum absolute atomic E-state index is 0.0699. The highest BCUT2D eigenvalue weighted by atomic mass is 32.1. The van der Waals surface area contributed by atoms with E-state index in [1.54, 1.807) is 18.6 Å². The molecule has 4 rings (SSSR count). The quantitative estimate of drug-likeness (QED) is 0.665. The highest BCUT2D eigenvalue weighted by Gasteiger charge is 2.22. The summed E-state index contributed by atoms with van der Waals surface area (Å²) in [7, 11) is 0. The summed E-state index contributed by atoms with van der Waals surface area (Å²) < 4.78 is 0. The van der Waals surface area contributed by atoms with Gasteiger partial charge in [0.15, 0.2) is 5.13 Å². The zero-order valence-corrected chi connectivity index (χ0v) is 18.4. The fourth-order valence-corrected chi connectivity index (χ4v) is 4.28. The molecule has 1 saturated heterocycles. The maximum atomic E-state index is 13.1. The molecule has 4 heterocycles. The lowest BCUT2D eigenvalue weighted by Gasteiger charge is -2.27. The van der Waals surface area contributed by atoms with Crippen molar-refractivity contribution < 1.29 is 4.79 Å². The van der Waals surface area contributed by atoms with Crippen molar-refractivity contribution in [3.05, 3.63) is 47.4 Å². The van der Waals surface area contributed by atoms with Crippen LogP contribution < -0.4 is 10.2 Å². The Labute approximate surface area is 180 Å². The summed E-state index contributed by atoms with van der Waals surface area (Å²) in [5.41, 5.74) is 2.67. The minimum atomic E-state index is -0.270. The van der Waals surface area contributed by atoms with Crippen LogP contribution in [0.1, 0.15) is 56.1 Å². The Balaban J connectivity index is 1.66. The lowest BCUT2D eigenvalue weighted by molar-refractivity contribution is 0.102. The molecule has 0 bridgehead atoms. The Kier molecular flexibility index (Phi) is 5.76. The molecule has 7 nitrogen and oxygen atoms in total. The summed E-state index contributed by atoms with van der Waals surface area (Å²) in [4.78, 5) is 33.3. The maximum absolute atomic E-state index is 13.1. The number of carbonyl (C=O) groups excluding carboxylic acids is 1. The van der Waals surface area contributed by atoms with Gasteiger partial charge >= 0.3 is 0 Å². The van der Waals surface area contributed by atoms with Crippen molar-refractivity contribution >= 4 is 28.3 Å². The van der Waals surface area contributed by atoms with Crippen molar-refractivity contribution in [2.45, 2.75) is 45.4 Å². The standard InChI is InChI=1S/C22H26N6OS/c1-22(2,3)17-14-30-21(25-17)27-19(29)16-13-24-20(28-10-5-4-6-11-28)26-18(16)15-8-7-9-23-12-15/h7-9,12-14H,4-6,10-11H2,1-3H3,(H,25,27,29). The minimum Gasteiger partial charge on any atom is -0.341 e. The van der Waals surface area contributed by atoms with Crippen LogP contribution in [0.15, 0.2) is 36.1 Å². The number of rotatable bonds is 4. The number of aromatic nitrogens is 4. The van der Waals surface area contributed by atoms with Crippen LogP contribution in [0.4, 0.5) is 11.1 Å². The lowest BCUT2D eigenvalue weighted by Crippen LogP contribution is -2.31. The van der Waals surface area contributed by atoms with Gasteiger partial charge in [0.25, 0.3) is 5.91 Å². The first-order chi connectivity index (χ1) is 14.4. The molecule has 0 atom stereocenters. The van der Waals surface area contributed by atoms with Crippen LogP contribution in [0.25, 0.3) is 11.3 Å². The number of piperidine rings is 1. The Morgan fingerprint density at radius 2 is 1.93 bits per heavy atom. The number of thiazole rings is 1. The van der Waals surface area contributed by atoms with Crippen LogP contribution in [0.5, 0.6) is 0 Å². The van der Waals surface area contributed by atoms with Crippen LogP contribution in [0.3, 0.4) is 0 Å². The zero-order chi connectivity index (χ0) is 21.1. The molecule has 0 radical (unpaired) electrons. The van der Waals surface area contributed by atoms with Gasteiger partial charge in [0.05, 0.1) is 17.0 Å². The monoisotopic (exact) mass is 422 g/mol. The molecule has 1 aliphatic heterocycles. The van der Waals surface area contributed by atoms with Gasteiger partial charge in [-0.05, 0) is 31.4 Å². The number of hydrogen-bond donors (Lipinski definition) is 1. The van der Waals surface area contributed by atoms with Crippen LogP contribution in [0, 0.1) is 0 Å². The number of nitrogens with zero attached hydrogens (tertiary/aromatic N) is 5. The highest BCUT2D eigenvalue weighted by molar-refractivity contribution is 7.14. The second-order valence-corrected chi connectivity index (χ2v) is 9.32. The molecule has 0 aliphatic carbocycles. The van der Waals surface area contributed by atoms with E-state index in [1.807, 2.05) is 17.5 Å². The van der Waals surface area contributed by atoms with E-state index in [4.69, 9.17) is 4.98 Å². The number of amides is 1. The Morgan fingerprint density at radius 3 is 2.60 bits per heavy atom. The van der Waals surface area contributed by atoms with E-state index in [0.717, 1.165) is 37.2 Å². The van der Waals surface area contributed by atoms with Gasteiger partial charge in [-0.3, -0.25) is 15.1 Å². The molecule has 30 heavy (non-hydrogen) atoms. The van der Waals surface area contributed by atoms with E-state index >= 15 is 0 Å². The van der Waals surface area contributed by atoms with Crippen molar-refractivity contribution in [1.29, 1.82) is 0 Å². The smallest absolute Gasteiger partial charge is 0.261 e. The van der Waals surface area contributed by atoms with Crippen molar-refractivity contribution in [1.82, 2.24) is 19.9 Å². The summed E-state index contributed by atoms with van der Waals surface area (Å²) in [6.07, 6.45) is 8.55. The molecular weight excluding hydrogens is 396 g/mol. The number of anilines is 2. The largest absolute Gasteiger partial charge is 0.341 e. The van der Waals surface area contributed by atoms with Crippen LogP contribution >= 0.6 is 11.3 Å². The number of hydrogen-bond acceptors (Lipinski definition) is 7. The fraction of sp³-hybridized carbons (Fsp3) is 0.409. The molecule has 0 unspecified atom stereocenters.